The maximum absolute atomic E-state index is 6.13. The van der Waals surface area contributed by atoms with Gasteiger partial charge in [0.15, 0.2) is 0 Å². The minimum atomic E-state index is 0.186. The summed E-state index contributed by atoms with van der Waals surface area (Å²) < 4.78 is 1.11. The molecule has 0 fully saturated rings. The van der Waals surface area contributed by atoms with E-state index in [2.05, 4.69) is 53.2 Å². The Kier molecular flexibility index (Phi) is 4.37. The SMILES string of the molecule is CCCC(N)c1ccc(-c2cccc(Br)c2)s1. The third-order valence-electron chi connectivity index (χ3n) is 2.70. The van der Waals surface area contributed by atoms with Crippen molar-refractivity contribution in [3.63, 3.8) is 0 Å². The summed E-state index contributed by atoms with van der Waals surface area (Å²) >= 11 is 5.30. The molecular formula is C14H16BrNS. The average Bonchev–Trinajstić information content (AvgIpc) is 2.78. The maximum atomic E-state index is 6.13. The van der Waals surface area contributed by atoms with Gasteiger partial charge in [-0.25, -0.2) is 0 Å². The Bertz CT molecular complexity index is 492. The van der Waals surface area contributed by atoms with Crippen molar-refractivity contribution < 1.29 is 0 Å². The summed E-state index contributed by atoms with van der Waals surface area (Å²) in [7, 11) is 0. The lowest BCUT2D eigenvalue weighted by Crippen LogP contribution is -2.07. The highest BCUT2D eigenvalue weighted by Crippen LogP contribution is 2.33. The van der Waals surface area contributed by atoms with Crippen LogP contribution in [0.15, 0.2) is 40.9 Å². The second-order valence-corrected chi connectivity index (χ2v) is 6.14. The molecule has 0 saturated heterocycles. The molecular weight excluding hydrogens is 294 g/mol. The molecule has 0 aliphatic rings. The summed E-state index contributed by atoms with van der Waals surface area (Å²) in [4.78, 5) is 2.56. The van der Waals surface area contributed by atoms with Crippen LogP contribution in [0.3, 0.4) is 0 Å². The zero-order valence-electron chi connectivity index (χ0n) is 9.82. The van der Waals surface area contributed by atoms with E-state index in [9.17, 15) is 0 Å². The smallest absolute Gasteiger partial charge is 0.0389 e. The van der Waals surface area contributed by atoms with Gasteiger partial charge in [0.25, 0.3) is 0 Å². The lowest BCUT2D eigenvalue weighted by Gasteiger charge is -2.06. The van der Waals surface area contributed by atoms with E-state index in [0.29, 0.717) is 0 Å². The highest BCUT2D eigenvalue weighted by atomic mass is 79.9. The molecule has 0 spiro atoms. The predicted octanol–water partition coefficient (Wildman–Crippen LogP) is 4.98. The third-order valence-corrected chi connectivity index (χ3v) is 4.46. The van der Waals surface area contributed by atoms with Crippen LogP contribution in [-0.4, -0.2) is 0 Å². The minimum Gasteiger partial charge on any atom is -0.323 e. The number of benzene rings is 1. The van der Waals surface area contributed by atoms with Crippen molar-refractivity contribution in [1.29, 1.82) is 0 Å². The summed E-state index contributed by atoms with van der Waals surface area (Å²) in [6.07, 6.45) is 2.18. The number of halogens is 1. The first kappa shape index (κ1) is 12.8. The Morgan fingerprint density at radius 3 is 2.82 bits per heavy atom. The van der Waals surface area contributed by atoms with E-state index in [1.807, 2.05) is 6.07 Å². The molecule has 1 nitrogen and oxygen atoms in total. The Morgan fingerprint density at radius 2 is 2.12 bits per heavy atom. The molecule has 1 heterocycles. The number of thiophene rings is 1. The van der Waals surface area contributed by atoms with Crippen LogP contribution >= 0.6 is 27.3 Å². The van der Waals surface area contributed by atoms with Gasteiger partial charge >= 0.3 is 0 Å². The molecule has 0 bridgehead atoms. The molecule has 3 heteroatoms. The topological polar surface area (TPSA) is 26.0 Å². The van der Waals surface area contributed by atoms with Crippen molar-refractivity contribution in [2.75, 3.05) is 0 Å². The van der Waals surface area contributed by atoms with Crippen LogP contribution in [0.4, 0.5) is 0 Å². The minimum absolute atomic E-state index is 0.186. The van der Waals surface area contributed by atoms with Gasteiger partial charge in [0.05, 0.1) is 0 Å². The van der Waals surface area contributed by atoms with Crippen LogP contribution in [-0.2, 0) is 0 Å². The molecule has 1 aromatic heterocycles. The van der Waals surface area contributed by atoms with Crippen molar-refractivity contribution in [2.45, 2.75) is 25.8 Å². The second kappa shape index (κ2) is 5.80. The molecule has 2 rings (SSSR count). The first-order valence-electron chi connectivity index (χ1n) is 5.82. The molecule has 0 aliphatic carbocycles. The molecule has 0 aliphatic heterocycles. The van der Waals surface area contributed by atoms with Crippen LogP contribution in [0.1, 0.15) is 30.7 Å². The number of rotatable bonds is 4. The van der Waals surface area contributed by atoms with Crippen LogP contribution in [0.5, 0.6) is 0 Å². The molecule has 0 radical (unpaired) electrons. The zero-order chi connectivity index (χ0) is 12.3. The van der Waals surface area contributed by atoms with Crippen molar-refractivity contribution in [1.82, 2.24) is 0 Å². The normalized spacial score (nSPS) is 12.6. The van der Waals surface area contributed by atoms with Gasteiger partial charge < -0.3 is 5.73 Å². The fourth-order valence-electron chi connectivity index (χ4n) is 1.80. The monoisotopic (exact) mass is 309 g/mol. The Morgan fingerprint density at radius 1 is 1.29 bits per heavy atom. The van der Waals surface area contributed by atoms with Crippen LogP contribution in [0.25, 0.3) is 10.4 Å². The lowest BCUT2D eigenvalue weighted by atomic mass is 10.1. The first-order valence-corrected chi connectivity index (χ1v) is 7.43. The second-order valence-electron chi connectivity index (χ2n) is 4.11. The quantitative estimate of drug-likeness (QED) is 0.847. The molecule has 2 N–H and O–H groups in total. The van der Waals surface area contributed by atoms with Gasteiger partial charge in [0.2, 0.25) is 0 Å². The summed E-state index contributed by atoms with van der Waals surface area (Å²) in [5.74, 6) is 0. The van der Waals surface area contributed by atoms with Crippen molar-refractivity contribution in [3.8, 4) is 10.4 Å². The summed E-state index contributed by atoms with van der Waals surface area (Å²) in [6, 6.07) is 12.9. The van der Waals surface area contributed by atoms with Gasteiger partial charge in [-0.05, 0) is 36.2 Å². The van der Waals surface area contributed by atoms with E-state index in [4.69, 9.17) is 5.73 Å². The standard InChI is InChI=1S/C14H16BrNS/c1-2-4-12(16)14-8-7-13(17-14)10-5-3-6-11(15)9-10/h3,5-9,12H,2,4,16H2,1H3. The average molecular weight is 310 g/mol. The van der Waals surface area contributed by atoms with Crippen LogP contribution < -0.4 is 5.73 Å². The Balaban J connectivity index is 2.23. The molecule has 90 valence electrons. The fourth-order valence-corrected chi connectivity index (χ4v) is 3.24. The molecule has 1 atom stereocenters. The van der Waals surface area contributed by atoms with E-state index in [1.165, 1.54) is 15.3 Å². The summed E-state index contributed by atoms with van der Waals surface area (Å²) in [6.45, 7) is 2.17. The van der Waals surface area contributed by atoms with E-state index in [1.54, 1.807) is 11.3 Å². The predicted molar refractivity (Wildman–Crippen MR) is 79.3 cm³/mol. The van der Waals surface area contributed by atoms with Gasteiger partial charge in [0, 0.05) is 20.3 Å². The van der Waals surface area contributed by atoms with Crippen molar-refractivity contribution in [2.24, 2.45) is 5.73 Å². The van der Waals surface area contributed by atoms with E-state index < -0.39 is 0 Å². The highest BCUT2D eigenvalue weighted by Gasteiger charge is 2.09. The zero-order valence-corrected chi connectivity index (χ0v) is 12.2. The highest BCUT2D eigenvalue weighted by molar-refractivity contribution is 9.10. The van der Waals surface area contributed by atoms with Gasteiger partial charge in [-0.15, -0.1) is 11.3 Å². The third kappa shape index (κ3) is 3.18. The molecule has 2 aromatic rings. The van der Waals surface area contributed by atoms with E-state index in [0.717, 1.165) is 17.3 Å². The fraction of sp³-hybridized carbons (Fsp3) is 0.286. The molecule has 0 amide bonds. The first-order chi connectivity index (χ1) is 8.20. The molecule has 0 saturated carbocycles. The molecule has 1 unspecified atom stereocenters. The van der Waals surface area contributed by atoms with E-state index >= 15 is 0 Å². The van der Waals surface area contributed by atoms with Crippen molar-refractivity contribution in [3.05, 3.63) is 45.7 Å². The van der Waals surface area contributed by atoms with Gasteiger partial charge in [-0.2, -0.15) is 0 Å². The molecule has 17 heavy (non-hydrogen) atoms. The van der Waals surface area contributed by atoms with Crippen molar-refractivity contribution >= 4 is 27.3 Å². The number of hydrogen-bond donors (Lipinski definition) is 1. The van der Waals surface area contributed by atoms with Gasteiger partial charge in [0.1, 0.15) is 0 Å². The molecule has 1 aromatic carbocycles. The largest absolute Gasteiger partial charge is 0.323 e. The number of nitrogens with two attached hydrogens (primary N) is 1. The van der Waals surface area contributed by atoms with Gasteiger partial charge in [-0.3, -0.25) is 0 Å². The Labute approximate surface area is 115 Å². The maximum Gasteiger partial charge on any atom is 0.0389 e. The Hall–Kier alpha value is -0.640. The van der Waals surface area contributed by atoms with Crippen LogP contribution in [0, 0.1) is 0 Å². The van der Waals surface area contributed by atoms with E-state index in [-0.39, 0.29) is 6.04 Å². The summed E-state index contributed by atoms with van der Waals surface area (Å²) in [5.41, 5.74) is 7.38. The summed E-state index contributed by atoms with van der Waals surface area (Å²) in [5, 5.41) is 0. The van der Waals surface area contributed by atoms with Gasteiger partial charge in [-0.1, -0.05) is 41.4 Å². The number of hydrogen-bond acceptors (Lipinski definition) is 2. The lowest BCUT2D eigenvalue weighted by molar-refractivity contribution is 0.648. The van der Waals surface area contributed by atoms with Crippen LogP contribution in [0.2, 0.25) is 0 Å².